The van der Waals surface area contributed by atoms with Gasteiger partial charge in [-0.25, -0.2) is 8.42 Å². The number of rotatable bonds is 12. The van der Waals surface area contributed by atoms with E-state index in [0.29, 0.717) is 41.3 Å². The lowest BCUT2D eigenvalue weighted by molar-refractivity contribution is 0.187. The van der Waals surface area contributed by atoms with Gasteiger partial charge in [0.15, 0.2) is 9.84 Å². The lowest BCUT2D eigenvalue weighted by atomic mass is 9.94. The molecule has 1 aliphatic heterocycles. The quantitative estimate of drug-likeness (QED) is 0.403. The third-order valence-electron chi connectivity index (χ3n) is 5.74. The van der Waals surface area contributed by atoms with E-state index in [0.717, 1.165) is 18.4 Å². The fraction of sp³-hybridized carbons (Fsp3) is 0.440. The number of aliphatic hydroxyl groups is 3. The number of ether oxygens (including phenoxy) is 1. The van der Waals surface area contributed by atoms with Crippen molar-refractivity contribution in [1.82, 2.24) is 0 Å². The van der Waals surface area contributed by atoms with Crippen molar-refractivity contribution in [2.45, 2.75) is 50.6 Å². The fourth-order valence-corrected chi connectivity index (χ4v) is 6.02. The molecule has 0 saturated heterocycles. The molecule has 2 heterocycles. The van der Waals surface area contributed by atoms with Crippen LogP contribution in [-0.4, -0.2) is 54.1 Å². The molecule has 3 rings (SSSR count). The van der Waals surface area contributed by atoms with Crippen molar-refractivity contribution in [3.8, 4) is 5.75 Å². The Morgan fingerprint density at radius 3 is 2.58 bits per heavy atom. The van der Waals surface area contributed by atoms with Crippen LogP contribution < -0.4 is 4.74 Å². The molecule has 3 N–H and O–H groups in total. The Hall–Kier alpha value is -2.39. The minimum absolute atomic E-state index is 0.0418. The topological polar surface area (TPSA) is 117 Å². The smallest absolute Gasteiger partial charge is 0.163 e. The van der Waals surface area contributed by atoms with E-state index in [9.17, 15) is 23.7 Å². The van der Waals surface area contributed by atoms with Gasteiger partial charge in [-0.05, 0) is 60.8 Å². The van der Waals surface area contributed by atoms with Gasteiger partial charge in [0.05, 0.1) is 18.5 Å². The van der Waals surface area contributed by atoms with E-state index < -0.39 is 27.8 Å². The van der Waals surface area contributed by atoms with Gasteiger partial charge < -0.3 is 24.5 Å². The molecule has 0 unspecified atom stereocenters. The molecule has 0 spiro atoms. The first-order valence-corrected chi connectivity index (χ1v) is 12.9. The second kappa shape index (κ2) is 11.7. The van der Waals surface area contributed by atoms with Gasteiger partial charge in [-0.1, -0.05) is 37.1 Å². The Morgan fingerprint density at radius 1 is 1.18 bits per heavy atom. The Balaban J connectivity index is 1.76. The van der Waals surface area contributed by atoms with Crippen LogP contribution in [0.5, 0.6) is 5.75 Å². The van der Waals surface area contributed by atoms with Crippen LogP contribution >= 0.6 is 0 Å². The highest BCUT2D eigenvalue weighted by Gasteiger charge is 2.41. The van der Waals surface area contributed by atoms with Crippen LogP contribution in [-0.2, 0) is 16.4 Å². The van der Waals surface area contributed by atoms with Gasteiger partial charge in [0.25, 0.3) is 0 Å². The predicted octanol–water partition coefficient (Wildman–Crippen LogP) is 3.26. The van der Waals surface area contributed by atoms with E-state index in [1.807, 2.05) is 24.3 Å². The normalized spacial score (nSPS) is 19.2. The fourth-order valence-electron chi connectivity index (χ4n) is 4.15. The summed E-state index contributed by atoms with van der Waals surface area (Å²) in [7, 11) is -3.60. The molecular formula is C25H32O7S. The van der Waals surface area contributed by atoms with Gasteiger partial charge in [0.1, 0.15) is 35.7 Å². The Morgan fingerprint density at radius 2 is 1.94 bits per heavy atom. The van der Waals surface area contributed by atoms with Gasteiger partial charge in [-0.3, -0.25) is 0 Å². The highest BCUT2D eigenvalue weighted by molar-refractivity contribution is 7.92. The minimum Gasteiger partial charge on any atom is -0.489 e. The van der Waals surface area contributed by atoms with Crippen LogP contribution in [0, 0.1) is 0 Å². The molecule has 7 nitrogen and oxygen atoms in total. The maximum atomic E-state index is 12.6. The largest absolute Gasteiger partial charge is 0.489 e. The van der Waals surface area contributed by atoms with Crippen molar-refractivity contribution < 1.29 is 32.9 Å². The monoisotopic (exact) mass is 476 g/mol. The maximum Gasteiger partial charge on any atom is 0.163 e. The van der Waals surface area contributed by atoms with Crippen LogP contribution in [0.1, 0.15) is 44.1 Å². The number of hydrogen-bond donors (Lipinski definition) is 3. The summed E-state index contributed by atoms with van der Waals surface area (Å²) in [5, 5.41) is 28.9. The van der Waals surface area contributed by atoms with Crippen molar-refractivity contribution in [3.05, 3.63) is 70.7 Å². The summed E-state index contributed by atoms with van der Waals surface area (Å²) in [5.74, 6) is 1.49. The number of sulfone groups is 1. The van der Waals surface area contributed by atoms with Crippen molar-refractivity contribution in [1.29, 1.82) is 0 Å². The summed E-state index contributed by atoms with van der Waals surface area (Å²) in [5.41, 5.74) is 1.91. The number of benzene rings is 1. The number of para-hydroxylation sites is 1. The van der Waals surface area contributed by atoms with Crippen molar-refractivity contribution in [3.63, 3.8) is 0 Å². The number of allylic oxidation sites excluding steroid dienone is 1. The average molecular weight is 477 g/mol. The van der Waals surface area contributed by atoms with Crippen LogP contribution in [0.4, 0.5) is 0 Å². The highest BCUT2D eigenvalue weighted by atomic mass is 32.2. The van der Waals surface area contributed by atoms with Crippen LogP contribution in [0.25, 0.3) is 6.08 Å². The summed E-state index contributed by atoms with van der Waals surface area (Å²) in [6, 6.07) is 12.6. The zero-order chi connectivity index (χ0) is 23.8. The van der Waals surface area contributed by atoms with E-state index in [-0.39, 0.29) is 19.0 Å². The first kappa shape index (κ1) is 25.2. The maximum absolute atomic E-state index is 12.6. The van der Waals surface area contributed by atoms with Gasteiger partial charge in [-0.2, -0.15) is 0 Å². The Labute approximate surface area is 194 Å². The third-order valence-corrected chi connectivity index (χ3v) is 7.76. The first-order chi connectivity index (χ1) is 15.9. The molecule has 8 heteroatoms. The minimum atomic E-state index is -3.60. The van der Waals surface area contributed by atoms with E-state index in [1.54, 1.807) is 24.3 Å². The summed E-state index contributed by atoms with van der Waals surface area (Å²) < 4.78 is 36.6. The molecule has 180 valence electrons. The Kier molecular flexibility index (Phi) is 8.91. The molecule has 1 aromatic heterocycles. The predicted molar refractivity (Wildman–Crippen MR) is 126 cm³/mol. The van der Waals surface area contributed by atoms with Crippen molar-refractivity contribution >= 4 is 15.9 Å². The molecule has 0 aliphatic carbocycles. The molecule has 0 radical (unpaired) electrons. The molecule has 0 bridgehead atoms. The molecule has 1 aromatic carbocycles. The number of hydrogen-bond acceptors (Lipinski definition) is 7. The zero-order valence-electron chi connectivity index (χ0n) is 18.8. The van der Waals surface area contributed by atoms with E-state index in [2.05, 4.69) is 6.92 Å². The van der Waals surface area contributed by atoms with Gasteiger partial charge in [-0.15, -0.1) is 0 Å². The van der Waals surface area contributed by atoms with Gasteiger partial charge >= 0.3 is 0 Å². The molecule has 2 atom stereocenters. The summed E-state index contributed by atoms with van der Waals surface area (Å²) in [4.78, 5) is 0. The van der Waals surface area contributed by atoms with Gasteiger partial charge in [0, 0.05) is 0 Å². The SMILES string of the molecule is CCC/C(=C\c1ccc(CO)o1)CC[C@@H](O)C1=C(COc2ccccc2)CS(=O)(=O)[C@H]1CO. The summed E-state index contributed by atoms with van der Waals surface area (Å²) in [6.45, 7) is 1.35. The molecule has 1 aliphatic rings. The van der Waals surface area contributed by atoms with Crippen LogP contribution in [0.3, 0.4) is 0 Å². The lowest BCUT2D eigenvalue weighted by Crippen LogP contribution is -2.29. The lowest BCUT2D eigenvalue weighted by Gasteiger charge is -2.20. The second-order valence-electron chi connectivity index (χ2n) is 8.21. The standard InChI is InChI=1S/C25H32O7S/c1-2-6-18(13-21-10-11-22(14-26)32-21)9-12-23(28)25-19(17-33(29,30)24(25)15-27)16-31-20-7-4-3-5-8-20/h3-5,7-8,10-11,13,23-24,26-28H,2,6,9,12,14-17H2,1H3/b18-13+/t23-,24+/m1/s1. The molecule has 33 heavy (non-hydrogen) atoms. The summed E-state index contributed by atoms with van der Waals surface area (Å²) >= 11 is 0. The average Bonchev–Trinajstić information content (AvgIpc) is 3.37. The van der Waals surface area contributed by atoms with E-state index in [4.69, 9.17) is 9.15 Å². The highest BCUT2D eigenvalue weighted by Crippen LogP contribution is 2.33. The first-order valence-electron chi connectivity index (χ1n) is 11.2. The molecule has 0 saturated carbocycles. The molecule has 0 amide bonds. The van der Waals surface area contributed by atoms with E-state index >= 15 is 0 Å². The van der Waals surface area contributed by atoms with E-state index in [1.165, 1.54) is 0 Å². The third kappa shape index (κ3) is 6.57. The number of furan rings is 1. The van der Waals surface area contributed by atoms with Crippen molar-refractivity contribution in [2.75, 3.05) is 19.0 Å². The van der Waals surface area contributed by atoms with Crippen LogP contribution in [0.2, 0.25) is 0 Å². The van der Waals surface area contributed by atoms with Crippen LogP contribution in [0.15, 0.2) is 63.6 Å². The molecular weight excluding hydrogens is 444 g/mol. The number of aliphatic hydroxyl groups excluding tert-OH is 3. The Bertz CT molecular complexity index is 1070. The summed E-state index contributed by atoms with van der Waals surface area (Å²) in [6.07, 6.45) is 3.44. The zero-order valence-corrected chi connectivity index (χ0v) is 19.6. The van der Waals surface area contributed by atoms with Crippen molar-refractivity contribution in [2.24, 2.45) is 0 Å². The second-order valence-corrected chi connectivity index (χ2v) is 10.4. The van der Waals surface area contributed by atoms with Gasteiger partial charge in [0.2, 0.25) is 0 Å². The molecule has 0 fully saturated rings. The molecule has 2 aromatic rings.